The molecule has 0 fully saturated rings. The molecular weight excluding hydrogens is 236 g/mol. The molecule has 3 nitrogen and oxygen atoms in total. The smallest absolute Gasteiger partial charge is 0.197 e. The molecule has 0 bridgehead atoms. The number of carbonyl (C=O) groups excluding carboxylic acids is 1. The molecule has 0 unspecified atom stereocenters. The number of nitrogens with zero attached hydrogens (tertiary/aromatic N) is 1. The van der Waals surface area contributed by atoms with Crippen molar-refractivity contribution in [2.45, 2.75) is 19.8 Å². The van der Waals surface area contributed by atoms with Gasteiger partial charge in [-0.05, 0) is 24.1 Å². The molecule has 2 aromatic rings. The Morgan fingerprint density at radius 1 is 1.29 bits per heavy atom. The Labute approximate surface area is 104 Å². The number of H-pyrrole nitrogens is 1. The van der Waals surface area contributed by atoms with Gasteiger partial charge in [0.2, 0.25) is 0 Å². The van der Waals surface area contributed by atoms with E-state index in [1.807, 2.05) is 13.8 Å². The first-order valence-electron chi connectivity index (χ1n) is 5.52. The molecular formula is C13H11ClN2O. The van der Waals surface area contributed by atoms with E-state index in [0.29, 0.717) is 16.1 Å². The van der Waals surface area contributed by atoms with E-state index in [-0.39, 0.29) is 11.7 Å². The van der Waals surface area contributed by atoms with Crippen LogP contribution in [0, 0.1) is 0 Å². The van der Waals surface area contributed by atoms with Gasteiger partial charge < -0.3 is 0 Å². The van der Waals surface area contributed by atoms with Gasteiger partial charge in [0, 0.05) is 21.8 Å². The van der Waals surface area contributed by atoms with Crippen LogP contribution in [0.1, 0.15) is 41.4 Å². The SMILES string of the molecule is CC(C)c1[nH]nc2c1C(=O)c1ccc(Cl)cc1-2. The predicted molar refractivity (Wildman–Crippen MR) is 66.6 cm³/mol. The predicted octanol–water partition coefficient (Wildman–Crippen LogP) is 3.40. The topological polar surface area (TPSA) is 45.8 Å². The highest BCUT2D eigenvalue weighted by Gasteiger charge is 2.33. The molecule has 1 aliphatic rings. The number of nitrogens with one attached hydrogen (secondary N) is 1. The van der Waals surface area contributed by atoms with E-state index < -0.39 is 0 Å². The Kier molecular flexibility index (Phi) is 2.13. The van der Waals surface area contributed by atoms with Crippen LogP contribution in [0.3, 0.4) is 0 Å². The normalized spacial score (nSPS) is 13.1. The lowest BCUT2D eigenvalue weighted by atomic mass is 10.0. The van der Waals surface area contributed by atoms with Gasteiger partial charge in [0.05, 0.1) is 5.56 Å². The number of halogens is 1. The summed E-state index contributed by atoms with van der Waals surface area (Å²) >= 11 is 5.96. The molecule has 0 radical (unpaired) electrons. The minimum atomic E-state index is 0.0455. The maximum Gasteiger partial charge on any atom is 0.197 e. The van der Waals surface area contributed by atoms with Crippen molar-refractivity contribution >= 4 is 17.4 Å². The van der Waals surface area contributed by atoms with E-state index in [1.165, 1.54) is 0 Å². The van der Waals surface area contributed by atoms with Gasteiger partial charge in [-0.2, -0.15) is 5.10 Å². The van der Waals surface area contributed by atoms with Crippen LogP contribution in [0.2, 0.25) is 5.02 Å². The van der Waals surface area contributed by atoms with Crippen LogP contribution in [-0.4, -0.2) is 16.0 Å². The number of hydrogen-bond acceptors (Lipinski definition) is 2. The number of benzene rings is 1. The quantitative estimate of drug-likeness (QED) is 0.715. The van der Waals surface area contributed by atoms with Gasteiger partial charge >= 0.3 is 0 Å². The summed E-state index contributed by atoms with van der Waals surface area (Å²) in [6, 6.07) is 5.31. The molecule has 1 aromatic heterocycles. The minimum absolute atomic E-state index is 0.0455. The fourth-order valence-corrected chi connectivity index (χ4v) is 2.42. The Morgan fingerprint density at radius 2 is 2.06 bits per heavy atom. The molecule has 1 aromatic carbocycles. The van der Waals surface area contributed by atoms with Crippen LogP contribution in [0.5, 0.6) is 0 Å². The average molecular weight is 247 g/mol. The number of aromatic amines is 1. The van der Waals surface area contributed by atoms with E-state index in [9.17, 15) is 4.79 Å². The van der Waals surface area contributed by atoms with Crippen molar-refractivity contribution < 1.29 is 4.79 Å². The Morgan fingerprint density at radius 3 is 2.76 bits per heavy atom. The van der Waals surface area contributed by atoms with E-state index in [0.717, 1.165) is 17.0 Å². The summed E-state index contributed by atoms with van der Waals surface area (Å²) in [6.07, 6.45) is 0. The second kappa shape index (κ2) is 3.44. The molecule has 1 heterocycles. The standard InChI is InChI=1S/C13H11ClN2O/c1-6(2)11-10-12(16-15-11)9-5-7(14)3-4-8(9)13(10)17/h3-6H,1-2H3,(H,15,16). The van der Waals surface area contributed by atoms with Crippen LogP contribution in [0.4, 0.5) is 0 Å². The second-order valence-electron chi connectivity index (χ2n) is 4.53. The third kappa shape index (κ3) is 1.35. The van der Waals surface area contributed by atoms with Crippen molar-refractivity contribution in [2.75, 3.05) is 0 Å². The molecule has 0 amide bonds. The summed E-state index contributed by atoms with van der Waals surface area (Å²) in [5, 5.41) is 7.82. The number of rotatable bonds is 1. The number of ketones is 1. The second-order valence-corrected chi connectivity index (χ2v) is 4.97. The maximum absolute atomic E-state index is 12.3. The van der Waals surface area contributed by atoms with Gasteiger partial charge in [0.25, 0.3) is 0 Å². The maximum atomic E-state index is 12.3. The van der Waals surface area contributed by atoms with Gasteiger partial charge in [-0.1, -0.05) is 25.4 Å². The molecule has 86 valence electrons. The number of fused-ring (bicyclic) bond motifs is 3. The molecule has 0 saturated heterocycles. The summed E-state index contributed by atoms with van der Waals surface area (Å²) in [4.78, 5) is 12.3. The highest BCUT2D eigenvalue weighted by atomic mass is 35.5. The van der Waals surface area contributed by atoms with E-state index in [2.05, 4.69) is 10.2 Å². The lowest BCUT2D eigenvalue weighted by Gasteiger charge is -2.02. The first-order chi connectivity index (χ1) is 8.09. The molecule has 17 heavy (non-hydrogen) atoms. The van der Waals surface area contributed by atoms with Gasteiger partial charge in [-0.3, -0.25) is 9.89 Å². The summed E-state index contributed by atoms with van der Waals surface area (Å²) in [5.41, 5.74) is 3.87. The van der Waals surface area contributed by atoms with E-state index in [1.54, 1.807) is 18.2 Å². The number of hydrogen-bond donors (Lipinski definition) is 1. The fourth-order valence-electron chi connectivity index (χ4n) is 2.24. The zero-order valence-corrected chi connectivity index (χ0v) is 10.3. The Bertz CT molecular complexity index is 628. The van der Waals surface area contributed by atoms with Gasteiger partial charge in [0.15, 0.2) is 5.78 Å². The molecule has 4 heteroatoms. The Hall–Kier alpha value is -1.61. The summed E-state index contributed by atoms with van der Waals surface area (Å²) in [5.74, 6) is 0.295. The van der Waals surface area contributed by atoms with Crippen molar-refractivity contribution in [1.82, 2.24) is 10.2 Å². The summed E-state index contributed by atoms with van der Waals surface area (Å²) < 4.78 is 0. The number of carbonyl (C=O) groups is 1. The third-order valence-corrected chi connectivity index (χ3v) is 3.32. The van der Waals surface area contributed by atoms with Crippen molar-refractivity contribution in [3.63, 3.8) is 0 Å². The van der Waals surface area contributed by atoms with Crippen molar-refractivity contribution in [3.8, 4) is 11.3 Å². The largest absolute Gasteiger partial charge is 0.288 e. The monoisotopic (exact) mass is 246 g/mol. The molecule has 0 aliphatic heterocycles. The highest BCUT2D eigenvalue weighted by molar-refractivity contribution is 6.32. The molecule has 3 rings (SSSR count). The van der Waals surface area contributed by atoms with Gasteiger partial charge in [-0.15, -0.1) is 0 Å². The van der Waals surface area contributed by atoms with Gasteiger partial charge in [-0.25, -0.2) is 0 Å². The lowest BCUT2D eigenvalue weighted by Crippen LogP contribution is -2.01. The van der Waals surface area contributed by atoms with Crippen molar-refractivity contribution in [1.29, 1.82) is 0 Å². The van der Waals surface area contributed by atoms with Crippen molar-refractivity contribution in [2.24, 2.45) is 0 Å². The summed E-state index contributed by atoms with van der Waals surface area (Å²) in [6.45, 7) is 4.08. The molecule has 0 atom stereocenters. The van der Waals surface area contributed by atoms with Crippen LogP contribution in [-0.2, 0) is 0 Å². The molecule has 0 saturated carbocycles. The van der Waals surface area contributed by atoms with E-state index >= 15 is 0 Å². The minimum Gasteiger partial charge on any atom is -0.288 e. The first kappa shape index (κ1) is 10.5. The zero-order chi connectivity index (χ0) is 12.2. The van der Waals surface area contributed by atoms with Gasteiger partial charge in [0.1, 0.15) is 5.69 Å². The van der Waals surface area contributed by atoms with Crippen LogP contribution in [0.25, 0.3) is 11.3 Å². The highest BCUT2D eigenvalue weighted by Crippen LogP contribution is 2.39. The van der Waals surface area contributed by atoms with Crippen LogP contribution >= 0.6 is 11.6 Å². The molecule has 1 N–H and O–H groups in total. The summed E-state index contributed by atoms with van der Waals surface area (Å²) in [7, 11) is 0. The molecule has 1 aliphatic carbocycles. The lowest BCUT2D eigenvalue weighted by molar-refractivity contribution is 0.104. The van der Waals surface area contributed by atoms with Crippen LogP contribution in [0.15, 0.2) is 18.2 Å². The van der Waals surface area contributed by atoms with Crippen LogP contribution < -0.4 is 0 Å². The van der Waals surface area contributed by atoms with Crippen molar-refractivity contribution in [3.05, 3.63) is 40.0 Å². The molecule has 0 spiro atoms. The average Bonchev–Trinajstić information content (AvgIpc) is 2.80. The third-order valence-electron chi connectivity index (χ3n) is 3.08. The fraction of sp³-hybridized carbons (Fsp3) is 0.231. The first-order valence-corrected chi connectivity index (χ1v) is 5.90. The zero-order valence-electron chi connectivity index (χ0n) is 9.54. The Balaban J connectivity index is 2.29. The van der Waals surface area contributed by atoms with E-state index in [4.69, 9.17) is 11.6 Å². The number of aromatic nitrogens is 2.